The van der Waals surface area contributed by atoms with Crippen LogP contribution in [0.3, 0.4) is 0 Å². The fourth-order valence-corrected chi connectivity index (χ4v) is 2.42. The van der Waals surface area contributed by atoms with Gasteiger partial charge in [0.25, 0.3) is 0 Å². The highest BCUT2D eigenvalue weighted by Gasteiger charge is 2.27. The van der Waals surface area contributed by atoms with E-state index in [9.17, 15) is 0 Å². The molecule has 2 aromatic heterocycles. The van der Waals surface area contributed by atoms with E-state index in [1.54, 1.807) is 18.7 Å². The fraction of sp³-hybridized carbons (Fsp3) is 0.500. The van der Waals surface area contributed by atoms with Gasteiger partial charge < -0.3 is 14.2 Å². The van der Waals surface area contributed by atoms with Crippen LogP contribution in [-0.4, -0.2) is 44.4 Å². The maximum absolute atomic E-state index is 5.81. The highest BCUT2D eigenvalue weighted by atomic mass is 79.9. The number of rotatable bonds is 3. The van der Waals surface area contributed by atoms with Crippen molar-refractivity contribution in [1.29, 1.82) is 0 Å². The van der Waals surface area contributed by atoms with E-state index in [2.05, 4.69) is 47.9 Å². The van der Waals surface area contributed by atoms with Crippen LogP contribution < -0.4 is 4.90 Å². The Balaban J connectivity index is 1.78. The van der Waals surface area contributed by atoms with Crippen LogP contribution in [0.15, 0.2) is 23.2 Å². The Morgan fingerprint density at radius 1 is 1.40 bits per heavy atom. The fourth-order valence-electron chi connectivity index (χ4n) is 2.21. The molecule has 0 unspecified atom stereocenters. The lowest BCUT2D eigenvalue weighted by atomic mass is 10.2. The lowest BCUT2D eigenvalue weighted by Crippen LogP contribution is -2.40. The first-order valence-corrected chi connectivity index (χ1v) is 7.29. The van der Waals surface area contributed by atoms with Gasteiger partial charge in [0.15, 0.2) is 5.82 Å². The van der Waals surface area contributed by atoms with E-state index in [1.807, 2.05) is 4.57 Å². The first-order valence-electron chi connectivity index (χ1n) is 6.49. The number of aryl methyl sites for hydroxylation is 1. The van der Waals surface area contributed by atoms with Crippen molar-refractivity contribution in [2.45, 2.75) is 19.6 Å². The van der Waals surface area contributed by atoms with E-state index in [1.165, 1.54) is 0 Å². The van der Waals surface area contributed by atoms with Crippen molar-refractivity contribution in [3.63, 3.8) is 0 Å². The third-order valence-corrected chi connectivity index (χ3v) is 3.64. The number of halogens is 1. The van der Waals surface area contributed by atoms with Crippen molar-refractivity contribution in [3.05, 3.63) is 29.0 Å². The Morgan fingerprint density at radius 2 is 2.20 bits per heavy atom. The van der Waals surface area contributed by atoms with Crippen molar-refractivity contribution in [3.8, 4) is 0 Å². The molecule has 8 heteroatoms. The average molecular weight is 339 g/mol. The molecule has 2 aromatic rings. The minimum Gasteiger partial charge on any atom is -0.366 e. The second kappa shape index (κ2) is 5.84. The number of morpholine rings is 1. The Kier molecular flexibility index (Phi) is 3.93. The van der Waals surface area contributed by atoms with Crippen LogP contribution in [0.2, 0.25) is 0 Å². The molecule has 0 radical (unpaired) electrons. The summed E-state index contributed by atoms with van der Waals surface area (Å²) in [6.07, 6.45) is 5.13. The van der Waals surface area contributed by atoms with Crippen LogP contribution >= 0.6 is 15.9 Å². The molecule has 1 atom stereocenters. The number of ether oxygens (including phenoxy) is 1. The number of nitrogens with zero attached hydrogens (tertiary/aromatic N) is 6. The van der Waals surface area contributed by atoms with Gasteiger partial charge in [0.1, 0.15) is 12.4 Å². The minimum atomic E-state index is -0.0987. The molecule has 0 amide bonds. The summed E-state index contributed by atoms with van der Waals surface area (Å²) in [5, 5.41) is 8.12. The molecule has 106 valence electrons. The van der Waals surface area contributed by atoms with Crippen LogP contribution in [0.25, 0.3) is 0 Å². The van der Waals surface area contributed by atoms with Gasteiger partial charge >= 0.3 is 0 Å². The van der Waals surface area contributed by atoms with Gasteiger partial charge in [-0.2, -0.15) is 0 Å². The largest absolute Gasteiger partial charge is 0.366 e. The second-order valence-corrected chi connectivity index (χ2v) is 5.40. The molecular formula is C12H15BrN6O. The number of aromatic nitrogens is 5. The summed E-state index contributed by atoms with van der Waals surface area (Å²) in [6.45, 7) is 4.97. The summed E-state index contributed by atoms with van der Waals surface area (Å²) in [4.78, 5) is 10.8. The Labute approximate surface area is 125 Å². The van der Waals surface area contributed by atoms with Gasteiger partial charge in [-0.3, -0.25) is 0 Å². The highest BCUT2D eigenvalue weighted by Crippen LogP contribution is 2.23. The van der Waals surface area contributed by atoms with Crippen molar-refractivity contribution >= 4 is 21.9 Å². The summed E-state index contributed by atoms with van der Waals surface area (Å²) in [5.74, 6) is 1.57. The maximum Gasteiger partial charge on any atom is 0.225 e. The van der Waals surface area contributed by atoms with E-state index < -0.39 is 0 Å². The standard InChI is InChI=1S/C12H15BrN6O/c1-2-18-8-16-17-11(18)10-7-19(3-4-20-10)12-14-5-9(13)6-15-12/h5-6,8,10H,2-4,7H2,1H3/t10-/m0/s1. The van der Waals surface area contributed by atoms with E-state index in [4.69, 9.17) is 4.74 Å². The number of hydrogen-bond donors (Lipinski definition) is 0. The zero-order valence-corrected chi connectivity index (χ0v) is 12.7. The summed E-state index contributed by atoms with van der Waals surface area (Å²) in [7, 11) is 0. The average Bonchev–Trinajstić information content (AvgIpc) is 2.96. The van der Waals surface area contributed by atoms with Crippen molar-refractivity contribution in [1.82, 2.24) is 24.7 Å². The van der Waals surface area contributed by atoms with E-state index >= 15 is 0 Å². The monoisotopic (exact) mass is 338 g/mol. The first kappa shape index (κ1) is 13.4. The number of hydrogen-bond acceptors (Lipinski definition) is 6. The second-order valence-electron chi connectivity index (χ2n) is 4.48. The summed E-state index contributed by atoms with van der Waals surface area (Å²) in [5.41, 5.74) is 0. The molecule has 20 heavy (non-hydrogen) atoms. The summed E-state index contributed by atoms with van der Waals surface area (Å²) in [6, 6.07) is 0. The third kappa shape index (κ3) is 2.66. The quantitative estimate of drug-likeness (QED) is 0.843. The zero-order chi connectivity index (χ0) is 13.9. The van der Waals surface area contributed by atoms with Crippen LogP contribution in [0.1, 0.15) is 18.9 Å². The van der Waals surface area contributed by atoms with E-state index in [-0.39, 0.29) is 6.10 Å². The molecule has 1 aliphatic rings. The molecule has 7 nitrogen and oxygen atoms in total. The highest BCUT2D eigenvalue weighted by molar-refractivity contribution is 9.10. The van der Waals surface area contributed by atoms with Gasteiger partial charge in [-0.05, 0) is 22.9 Å². The normalized spacial score (nSPS) is 19.3. The minimum absolute atomic E-state index is 0.0987. The summed E-state index contributed by atoms with van der Waals surface area (Å²) >= 11 is 3.34. The first-order chi connectivity index (χ1) is 9.78. The van der Waals surface area contributed by atoms with Crippen LogP contribution in [0.5, 0.6) is 0 Å². The van der Waals surface area contributed by atoms with Crippen LogP contribution in [0.4, 0.5) is 5.95 Å². The third-order valence-electron chi connectivity index (χ3n) is 3.23. The van der Waals surface area contributed by atoms with Gasteiger partial charge in [0.05, 0.1) is 17.6 Å². The van der Waals surface area contributed by atoms with Gasteiger partial charge in [-0.1, -0.05) is 0 Å². The molecule has 3 heterocycles. The molecule has 0 N–H and O–H groups in total. The molecule has 0 aromatic carbocycles. The Bertz CT molecular complexity index is 572. The van der Waals surface area contributed by atoms with Crippen LogP contribution in [-0.2, 0) is 11.3 Å². The summed E-state index contributed by atoms with van der Waals surface area (Å²) < 4.78 is 8.68. The van der Waals surface area contributed by atoms with Gasteiger partial charge in [0.2, 0.25) is 5.95 Å². The maximum atomic E-state index is 5.81. The lowest BCUT2D eigenvalue weighted by molar-refractivity contribution is 0.0311. The Hall–Kier alpha value is -1.54. The van der Waals surface area contributed by atoms with Crippen LogP contribution in [0, 0.1) is 0 Å². The van der Waals surface area contributed by atoms with Gasteiger partial charge in [-0.25, -0.2) is 9.97 Å². The Morgan fingerprint density at radius 3 is 2.95 bits per heavy atom. The van der Waals surface area contributed by atoms with Crippen molar-refractivity contribution in [2.75, 3.05) is 24.6 Å². The number of anilines is 1. The lowest BCUT2D eigenvalue weighted by Gasteiger charge is -2.32. The smallest absolute Gasteiger partial charge is 0.225 e. The van der Waals surface area contributed by atoms with Gasteiger partial charge in [-0.15, -0.1) is 10.2 Å². The molecule has 0 bridgehead atoms. The molecule has 0 spiro atoms. The SMILES string of the molecule is CCn1cnnc1[C@@H]1CN(c2ncc(Br)cn2)CCO1. The molecule has 1 aliphatic heterocycles. The van der Waals surface area contributed by atoms with Gasteiger partial charge in [0, 0.05) is 25.5 Å². The van der Waals surface area contributed by atoms with E-state index in [0.717, 1.165) is 23.4 Å². The van der Waals surface area contributed by atoms with Crippen molar-refractivity contribution in [2.24, 2.45) is 0 Å². The topological polar surface area (TPSA) is 69.0 Å². The predicted molar refractivity (Wildman–Crippen MR) is 76.3 cm³/mol. The van der Waals surface area contributed by atoms with Crippen molar-refractivity contribution < 1.29 is 4.74 Å². The predicted octanol–water partition coefficient (Wildman–Crippen LogP) is 1.43. The molecule has 3 rings (SSSR count). The molecular weight excluding hydrogens is 324 g/mol. The zero-order valence-electron chi connectivity index (χ0n) is 11.1. The molecule has 1 fully saturated rings. The van der Waals surface area contributed by atoms with E-state index in [0.29, 0.717) is 19.1 Å². The molecule has 0 aliphatic carbocycles. The molecule has 0 saturated carbocycles. The molecule has 1 saturated heterocycles.